The van der Waals surface area contributed by atoms with Crippen molar-refractivity contribution in [3.05, 3.63) is 46.5 Å². The molecule has 5 heteroatoms. The van der Waals surface area contributed by atoms with Gasteiger partial charge in [0.25, 0.3) is 0 Å². The first kappa shape index (κ1) is 18.5. The van der Waals surface area contributed by atoms with Crippen LogP contribution in [0.5, 0.6) is 0 Å². The SMILES string of the molecule is C=C(C)CNC(N)=NCC1(c2cccc(Br)c2)CCC1.I. The fraction of sp³-hybridized carbons (Fsp3) is 0.438. The first-order valence-corrected chi connectivity index (χ1v) is 7.75. The maximum atomic E-state index is 5.90. The van der Waals surface area contributed by atoms with Crippen molar-refractivity contribution in [2.24, 2.45) is 10.7 Å². The highest BCUT2D eigenvalue weighted by Gasteiger charge is 2.38. The lowest BCUT2D eigenvalue weighted by Gasteiger charge is -2.41. The second-order valence-corrected chi connectivity index (χ2v) is 6.57. The second kappa shape index (κ2) is 8.17. The van der Waals surface area contributed by atoms with E-state index in [1.54, 1.807) is 0 Å². The third-order valence-corrected chi connectivity index (χ3v) is 4.36. The number of hydrogen-bond donors (Lipinski definition) is 2. The van der Waals surface area contributed by atoms with E-state index in [1.807, 2.05) is 6.92 Å². The van der Waals surface area contributed by atoms with Crippen LogP contribution in [-0.4, -0.2) is 19.0 Å². The van der Waals surface area contributed by atoms with Crippen molar-refractivity contribution >= 4 is 45.9 Å². The zero-order valence-corrected chi connectivity index (χ0v) is 16.3. The summed E-state index contributed by atoms with van der Waals surface area (Å²) in [5.41, 5.74) is 8.48. The number of aliphatic imine (C=N–C) groups is 1. The zero-order chi connectivity index (χ0) is 14.6. The van der Waals surface area contributed by atoms with E-state index in [4.69, 9.17) is 5.73 Å². The molecule has 1 aromatic rings. The zero-order valence-electron chi connectivity index (χ0n) is 12.4. The molecule has 21 heavy (non-hydrogen) atoms. The fourth-order valence-corrected chi connectivity index (χ4v) is 2.89. The molecule has 1 aliphatic rings. The standard InChI is InChI=1S/C16H22BrN3.HI/c1-12(2)10-19-15(18)20-11-16(7-4-8-16)13-5-3-6-14(17)9-13;/h3,5-6,9H,1,4,7-8,10-11H2,2H3,(H3,18,19,20);1H. The predicted molar refractivity (Wildman–Crippen MR) is 104 cm³/mol. The molecule has 1 aliphatic carbocycles. The summed E-state index contributed by atoms with van der Waals surface area (Å²) in [5.74, 6) is 0.509. The summed E-state index contributed by atoms with van der Waals surface area (Å²) < 4.78 is 1.12. The Balaban J connectivity index is 0.00000220. The Morgan fingerprint density at radius 2 is 2.19 bits per heavy atom. The van der Waals surface area contributed by atoms with Crippen LogP contribution in [-0.2, 0) is 5.41 Å². The van der Waals surface area contributed by atoms with E-state index in [0.29, 0.717) is 12.5 Å². The van der Waals surface area contributed by atoms with Crippen LogP contribution in [0.15, 0.2) is 45.9 Å². The van der Waals surface area contributed by atoms with Crippen molar-refractivity contribution in [2.45, 2.75) is 31.6 Å². The number of halogens is 2. The third kappa shape index (κ3) is 4.98. The van der Waals surface area contributed by atoms with Gasteiger partial charge in [0.15, 0.2) is 5.96 Å². The van der Waals surface area contributed by atoms with Crippen LogP contribution in [0.1, 0.15) is 31.7 Å². The average molecular weight is 464 g/mol. The molecule has 0 bridgehead atoms. The Hall–Kier alpha value is -0.560. The van der Waals surface area contributed by atoms with Gasteiger partial charge in [0.2, 0.25) is 0 Å². The molecule has 0 saturated heterocycles. The minimum Gasteiger partial charge on any atom is -0.370 e. The second-order valence-electron chi connectivity index (χ2n) is 5.66. The summed E-state index contributed by atoms with van der Waals surface area (Å²) in [4.78, 5) is 4.52. The molecule has 0 heterocycles. The predicted octanol–water partition coefficient (Wildman–Crippen LogP) is 3.97. The molecule has 0 radical (unpaired) electrons. The number of benzene rings is 1. The van der Waals surface area contributed by atoms with E-state index in [-0.39, 0.29) is 29.4 Å². The molecule has 3 nitrogen and oxygen atoms in total. The largest absolute Gasteiger partial charge is 0.370 e. The number of nitrogens with zero attached hydrogens (tertiary/aromatic N) is 1. The summed E-state index contributed by atoms with van der Waals surface area (Å²) in [7, 11) is 0. The van der Waals surface area contributed by atoms with E-state index >= 15 is 0 Å². The molecule has 0 spiro atoms. The number of hydrogen-bond acceptors (Lipinski definition) is 1. The number of guanidine groups is 1. The van der Waals surface area contributed by atoms with Gasteiger partial charge < -0.3 is 11.1 Å². The normalized spacial score (nSPS) is 16.6. The summed E-state index contributed by atoms with van der Waals surface area (Å²) in [6, 6.07) is 8.54. The first-order chi connectivity index (χ1) is 9.52. The lowest BCUT2D eigenvalue weighted by Crippen LogP contribution is -2.40. The van der Waals surface area contributed by atoms with E-state index in [9.17, 15) is 0 Å². The van der Waals surface area contributed by atoms with Gasteiger partial charge in [-0.3, -0.25) is 4.99 Å². The molecule has 2 rings (SSSR count). The van der Waals surface area contributed by atoms with Crippen LogP contribution in [0.4, 0.5) is 0 Å². The minimum atomic E-state index is 0. The van der Waals surface area contributed by atoms with Gasteiger partial charge in [0, 0.05) is 16.4 Å². The molecule has 0 atom stereocenters. The smallest absolute Gasteiger partial charge is 0.188 e. The molecular weight excluding hydrogens is 441 g/mol. The van der Waals surface area contributed by atoms with Gasteiger partial charge in [-0.2, -0.15) is 0 Å². The topological polar surface area (TPSA) is 50.4 Å². The summed E-state index contributed by atoms with van der Waals surface area (Å²) >= 11 is 3.55. The van der Waals surface area contributed by atoms with Crippen LogP contribution in [0, 0.1) is 0 Å². The Kier molecular flexibility index (Phi) is 7.20. The monoisotopic (exact) mass is 463 g/mol. The highest BCUT2D eigenvalue weighted by molar-refractivity contribution is 14.0. The first-order valence-electron chi connectivity index (χ1n) is 6.96. The van der Waals surface area contributed by atoms with Crippen molar-refractivity contribution in [3.63, 3.8) is 0 Å². The van der Waals surface area contributed by atoms with Gasteiger partial charge in [-0.25, -0.2) is 0 Å². The lowest BCUT2D eigenvalue weighted by molar-refractivity contribution is 0.253. The lowest BCUT2D eigenvalue weighted by atomic mass is 9.64. The summed E-state index contributed by atoms with van der Waals surface area (Å²) in [5, 5.41) is 3.08. The molecule has 0 amide bonds. The molecule has 1 fully saturated rings. The van der Waals surface area contributed by atoms with Gasteiger partial charge in [0.05, 0.1) is 6.54 Å². The average Bonchev–Trinajstić information content (AvgIpc) is 2.35. The maximum Gasteiger partial charge on any atom is 0.188 e. The van der Waals surface area contributed by atoms with Crippen LogP contribution >= 0.6 is 39.9 Å². The van der Waals surface area contributed by atoms with Gasteiger partial charge in [-0.15, -0.1) is 24.0 Å². The molecule has 0 aromatic heterocycles. The minimum absolute atomic E-state index is 0. The Morgan fingerprint density at radius 1 is 1.48 bits per heavy atom. The van der Waals surface area contributed by atoms with Crippen LogP contribution in [0.3, 0.4) is 0 Å². The highest BCUT2D eigenvalue weighted by atomic mass is 127. The van der Waals surface area contributed by atoms with Crippen LogP contribution in [0.25, 0.3) is 0 Å². The van der Waals surface area contributed by atoms with Gasteiger partial charge in [-0.05, 0) is 37.5 Å². The van der Waals surface area contributed by atoms with Gasteiger partial charge >= 0.3 is 0 Å². The third-order valence-electron chi connectivity index (χ3n) is 3.87. The van der Waals surface area contributed by atoms with Crippen molar-refractivity contribution < 1.29 is 0 Å². The molecular formula is C16H23BrIN3. The van der Waals surface area contributed by atoms with E-state index in [0.717, 1.165) is 16.6 Å². The number of rotatable bonds is 5. The van der Waals surface area contributed by atoms with E-state index in [1.165, 1.54) is 24.8 Å². The van der Waals surface area contributed by atoms with Crippen molar-refractivity contribution in [1.82, 2.24) is 5.32 Å². The van der Waals surface area contributed by atoms with E-state index < -0.39 is 0 Å². The Morgan fingerprint density at radius 3 is 2.71 bits per heavy atom. The van der Waals surface area contributed by atoms with E-state index in [2.05, 4.69) is 57.1 Å². The Bertz CT molecular complexity index is 524. The summed E-state index contributed by atoms with van der Waals surface area (Å²) in [6.07, 6.45) is 3.63. The van der Waals surface area contributed by atoms with Crippen LogP contribution < -0.4 is 11.1 Å². The molecule has 116 valence electrons. The number of nitrogens with one attached hydrogen (secondary N) is 1. The summed E-state index contributed by atoms with van der Waals surface area (Å²) in [6.45, 7) is 7.24. The Labute approximate surface area is 152 Å². The number of nitrogens with two attached hydrogens (primary N) is 1. The molecule has 3 N–H and O–H groups in total. The van der Waals surface area contributed by atoms with Crippen LogP contribution in [0.2, 0.25) is 0 Å². The molecule has 1 aromatic carbocycles. The van der Waals surface area contributed by atoms with Gasteiger partial charge in [-0.1, -0.05) is 46.6 Å². The quantitative estimate of drug-likeness (QED) is 0.300. The molecule has 0 unspecified atom stereocenters. The fourth-order valence-electron chi connectivity index (χ4n) is 2.49. The maximum absolute atomic E-state index is 5.90. The van der Waals surface area contributed by atoms with Crippen molar-refractivity contribution in [3.8, 4) is 0 Å². The van der Waals surface area contributed by atoms with Crippen molar-refractivity contribution in [2.75, 3.05) is 13.1 Å². The molecule has 0 aliphatic heterocycles. The molecule has 1 saturated carbocycles. The van der Waals surface area contributed by atoms with Crippen molar-refractivity contribution in [1.29, 1.82) is 0 Å². The van der Waals surface area contributed by atoms with Gasteiger partial charge in [0.1, 0.15) is 0 Å². The highest BCUT2D eigenvalue weighted by Crippen LogP contribution is 2.44.